The summed E-state index contributed by atoms with van der Waals surface area (Å²) < 4.78 is 15.3. The van der Waals surface area contributed by atoms with E-state index in [9.17, 15) is 4.21 Å². The molecular weight excluding hydrogens is 136 g/mol. The third-order valence-corrected chi connectivity index (χ3v) is 2.28. The Morgan fingerprint density at radius 3 is 2.89 bits per heavy atom. The van der Waals surface area contributed by atoms with E-state index in [4.69, 9.17) is 6.42 Å². The van der Waals surface area contributed by atoms with Crippen LogP contribution in [0.3, 0.4) is 0 Å². The second kappa shape index (κ2) is 2.24. The highest BCUT2D eigenvalue weighted by Crippen LogP contribution is 2.16. The van der Waals surface area contributed by atoms with Crippen molar-refractivity contribution in [1.29, 1.82) is 0 Å². The summed E-state index contributed by atoms with van der Waals surface area (Å²) in [5.74, 6) is 2.39. The maximum Gasteiger partial charge on any atom is 0.214 e. The maximum absolute atomic E-state index is 10.7. The zero-order valence-electron chi connectivity index (χ0n) is 4.96. The standard InChI is InChI=1S/C6H6O2S/c1-3-6-4-8-9(7)5(6)2/h1,4-5H,2H3. The molecule has 1 aliphatic heterocycles. The first-order chi connectivity index (χ1) is 4.25. The molecule has 1 aliphatic rings. The third kappa shape index (κ3) is 0.984. The number of hydrogen-bond acceptors (Lipinski definition) is 2. The monoisotopic (exact) mass is 142 g/mol. The van der Waals surface area contributed by atoms with E-state index in [2.05, 4.69) is 10.1 Å². The Balaban J connectivity index is 2.81. The molecule has 0 radical (unpaired) electrons. The van der Waals surface area contributed by atoms with E-state index in [1.54, 1.807) is 6.92 Å². The van der Waals surface area contributed by atoms with E-state index in [0.29, 0.717) is 5.57 Å². The molecule has 0 spiro atoms. The molecule has 0 aromatic rings. The van der Waals surface area contributed by atoms with Gasteiger partial charge in [-0.15, -0.1) is 6.42 Å². The van der Waals surface area contributed by atoms with E-state index in [0.717, 1.165) is 0 Å². The number of terminal acetylenes is 1. The minimum atomic E-state index is -1.23. The molecule has 48 valence electrons. The molecule has 0 saturated heterocycles. The van der Waals surface area contributed by atoms with Crippen molar-refractivity contribution in [2.45, 2.75) is 12.2 Å². The summed E-state index contributed by atoms with van der Waals surface area (Å²) in [6, 6.07) is 0. The number of hydrogen-bond donors (Lipinski definition) is 0. The Labute approximate surface area is 56.6 Å². The molecule has 1 heterocycles. The van der Waals surface area contributed by atoms with Crippen molar-refractivity contribution in [2.75, 3.05) is 0 Å². The van der Waals surface area contributed by atoms with Crippen LogP contribution < -0.4 is 0 Å². The van der Waals surface area contributed by atoms with Crippen LogP contribution in [-0.4, -0.2) is 9.46 Å². The fraction of sp³-hybridized carbons (Fsp3) is 0.333. The highest BCUT2D eigenvalue weighted by atomic mass is 32.2. The highest BCUT2D eigenvalue weighted by molar-refractivity contribution is 7.81. The highest BCUT2D eigenvalue weighted by Gasteiger charge is 2.22. The molecule has 0 bridgehead atoms. The van der Waals surface area contributed by atoms with Gasteiger partial charge in [0.1, 0.15) is 11.5 Å². The summed E-state index contributed by atoms with van der Waals surface area (Å²) >= 11 is -1.23. The Kier molecular flexibility index (Phi) is 1.58. The summed E-state index contributed by atoms with van der Waals surface area (Å²) in [4.78, 5) is 0. The van der Waals surface area contributed by atoms with E-state index < -0.39 is 11.1 Å². The first-order valence-corrected chi connectivity index (χ1v) is 3.64. The van der Waals surface area contributed by atoms with Crippen molar-refractivity contribution in [3.8, 4) is 12.3 Å². The molecule has 0 aromatic heterocycles. The lowest BCUT2D eigenvalue weighted by Gasteiger charge is -1.95. The lowest BCUT2D eigenvalue weighted by molar-refractivity contribution is 0.517. The van der Waals surface area contributed by atoms with Crippen molar-refractivity contribution < 1.29 is 8.39 Å². The quantitative estimate of drug-likeness (QED) is 0.462. The van der Waals surface area contributed by atoms with Gasteiger partial charge in [0.25, 0.3) is 0 Å². The van der Waals surface area contributed by atoms with Crippen molar-refractivity contribution >= 4 is 11.1 Å². The Hall–Kier alpha value is -0.750. The molecule has 2 atom stereocenters. The van der Waals surface area contributed by atoms with Crippen molar-refractivity contribution in [1.82, 2.24) is 0 Å². The average Bonchev–Trinajstić information content (AvgIpc) is 2.15. The Bertz CT molecular complexity index is 212. The zero-order valence-corrected chi connectivity index (χ0v) is 5.77. The third-order valence-electron chi connectivity index (χ3n) is 1.16. The van der Waals surface area contributed by atoms with Gasteiger partial charge in [-0.1, -0.05) is 5.92 Å². The molecule has 0 aliphatic carbocycles. The van der Waals surface area contributed by atoms with Crippen LogP contribution in [0.15, 0.2) is 11.8 Å². The molecule has 9 heavy (non-hydrogen) atoms. The van der Waals surface area contributed by atoms with Gasteiger partial charge in [0.05, 0.1) is 5.57 Å². The van der Waals surface area contributed by atoms with Crippen molar-refractivity contribution in [3.05, 3.63) is 11.8 Å². The van der Waals surface area contributed by atoms with Gasteiger partial charge in [-0.25, -0.2) is 4.21 Å². The van der Waals surface area contributed by atoms with Crippen LogP contribution in [-0.2, 0) is 15.3 Å². The molecule has 0 amide bonds. The lowest BCUT2D eigenvalue weighted by atomic mass is 10.2. The van der Waals surface area contributed by atoms with Crippen LogP contribution in [0.2, 0.25) is 0 Å². The van der Waals surface area contributed by atoms with E-state index in [-0.39, 0.29) is 5.25 Å². The largest absolute Gasteiger partial charge is 0.407 e. The predicted octanol–water partition coefficient (Wildman–Crippen LogP) is 0.586. The average molecular weight is 142 g/mol. The van der Waals surface area contributed by atoms with Crippen molar-refractivity contribution in [3.63, 3.8) is 0 Å². The molecule has 2 unspecified atom stereocenters. The molecular formula is C6H6O2S. The molecule has 0 aromatic carbocycles. The maximum atomic E-state index is 10.7. The van der Waals surface area contributed by atoms with Gasteiger partial charge in [0, 0.05) is 0 Å². The molecule has 0 N–H and O–H groups in total. The first kappa shape index (κ1) is 6.37. The summed E-state index contributed by atoms with van der Waals surface area (Å²) in [5, 5.41) is -0.130. The van der Waals surface area contributed by atoms with E-state index >= 15 is 0 Å². The Morgan fingerprint density at radius 1 is 2.00 bits per heavy atom. The van der Waals surface area contributed by atoms with Gasteiger partial charge >= 0.3 is 0 Å². The fourth-order valence-corrected chi connectivity index (χ4v) is 1.23. The van der Waals surface area contributed by atoms with Crippen LogP contribution in [0.5, 0.6) is 0 Å². The molecule has 1 rings (SSSR count). The van der Waals surface area contributed by atoms with Gasteiger partial charge in [-0.05, 0) is 6.92 Å². The van der Waals surface area contributed by atoms with Crippen LogP contribution in [0, 0.1) is 12.3 Å². The van der Waals surface area contributed by atoms with Crippen molar-refractivity contribution in [2.24, 2.45) is 0 Å². The minimum Gasteiger partial charge on any atom is -0.407 e. The van der Waals surface area contributed by atoms with Gasteiger partial charge in [0.15, 0.2) is 0 Å². The lowest BCUT2D eigenvalue weighted by Crippen LogP contribution is -2.05. The Morgan fingerprint density at radius 2 is 2.67 bits per heavy atom. The smallest absolute Gasteiger partial charge is 0.214 e. The van der Waals surface area contributed by atoms with Crippen LogP contribution >= 0.6 is 0 Å². The number of rotatable bonds is 0. The zero-order chi connectivity index (χ0) is 6.85. The summed E-state index contributed by atoms with van der Waals surface area (Å²) in [7, 11) is 0. The minimum absolute atomic E-state index is 0.130. The fourth-order valence-electron chi connectivity index (χ4n) is 0.533. The molecule has 0 fully saturated rings. The van der Waals surface area contributed by atoms with Crippen LogP contribution in [0.25, 0.3) is 0 Å². The van der Waals surface area contributed by atoms with E-state index in [1.807, 2.05) is 0 Å². The van der Waals surface area contributed by atoms with Crippen LogP contribution in [0.4, 0.5) is 0 Å². The van der Waals surface area contributed by atoms with Gasteiger partial charge < -0.3 is 4.18 Å². The molecule has 3 heteroatoms. The topological polar surface area (TPSA) is 26.3 Å². The molecule has 2 nitrogen and oxygen atoms in total. The summed E-state index contributed by atoms with van der Waals surface area (Å²) in [6.45, 7) is 1.77. The normalized spacial score (nSPS) is 32.7. The summed E-state index contributed by atoms with van der Waals surface area (Å²) in [5.41, 5.74) is 0.674. The van der Waals surface area contributed by atoms with Gasteiger partial charge in [0.2, 0.25) is 11.1 Å². The van der Waals surface area contributed by atoms with Gasteiger partial charge in [-0.2, -0.15) is 0 Å². The molecule has 0 saturated carbocycles. The SMILES string of the molecule is C#CC1=COS(=O)C1C. The second-order valence-corrected chi connectivity index (χ2v) is 3.14. The first-order valence-electron chi connectivity index (χ1n) is 2.50. The van der Waals surface area contributed by atoms with Crippen LogP contribution in [0.1, 0.15) is 6.92 Å². The second-order valence-electron chi connectivity index (χ2n) is 1.72. The predicted molar refractivity (Wildman–Crippen MR) is 35.6 cm³/mol. The summed E-state index contributed by atoms with van der Waals surface area (Å²) in [6.07, 6.45) is 6.43. The van der Waals surface area contributed by atoms with E-state index in [1.165, 1.54) is 6.26 Å². The van der Waals surface area contributed by atoms with Gasteiger partial charge in [-0.3, -0.25) is 0 Å².